The van der Waals surface area contributed by atoms with Crippen LogP contribution in [0.2, 0.25) is 0 Å². The van der Waals surface area contributed by atoms with E-state index in [4.69, 9.17) is 13.9 Å². The Morgan fingerprint density at radius 1 is 1.06 bits per heavy atom. The molecular weight excluding hydrogens is 444 g/mol. The number of hydrogen-bond donors (Lipinski definition) is 1. The molecule has 1 saturated heterocycles. The average molecular weight is 462 g/mol. The van der Waals surface area contributed by atoms with Crippen LogP contribution in [0.1, 0.15) is 17.4 Å². The standard InChI is InChI=1S/C24H18N2O6S/c1-30-14-6-3-5-13(11-14)21(27)19-20(17-7-4-10-32-17)26(23(29)22(19)28)24-25-16-9-8-15(31-2)12-18(16)33-24/h3-12,20,27H,1-2H3. The van der Waals surface area contributed by atoms with Gasteiger partial charge in [0.15, 0.2) is 5.13 Å². The van der Waals surface area contributed by atoms with E-state index < -0.39 is 17.7 Å². The van der Waals surface area contributed by atoms with Crippen LogP contribution >= 0.6 is 11.3 Å². The van der Waals surface area contributed by atoms with Crippen molar-refractivity contribution in [2.45, 2.75) is 6.04 Å². The SMILES string of the molecule is COc1cccc(C(O)=C2C(=O)C(=O)N(c3nc4ccc(OC)cc4s3)C2c2ccco2)c1. The quantitative estimate of drug-likeness (QED) is 0.264. The van der Waals surface area contributed by atoms with Gasteiger partial charge in [-0.05, 0) is 42.5 Å². The van der Waals surface area contributed by atoms with E-state index in [1.54, 1.807) is 55.6 Å². The number of rotatable bonds is 5. The number of carbonyl (C=O) groups is 2. The summed E-state index contributed by atoms with van der Waals surface area (Å²) in [6.07, 6.45) is 1.45. The number of fused-ring (bicyclic) bond motifs is 1. The smallest absolute Gasteiger partial charge is 0.302 e. The van der Waals surface area contributed by atoms with Gasteiger partial charge in [0.25, 0.3) is 5.78 Å². The first-order valence-corrected chi connectivity index (χ1v) is 10.8. The number of Topliss-reactive ketones (excluding diaryl/α,β-unsaturated/α-hetero) is 1. The van der Waals surface area contributed by atoms with E-state index in [1.165, 1.54) is 29.6 Å². The van der Waals surface area contributed by atoms with Crippen LogP contribution in [0.5, 0.6) is 11.5 Å². The number of ketones is 1. The Morgan fingerprint density at radius 3 is 2.58 bits per heavy atom. The van der Waals surface area contributed by atoms with Crippen molar-refractivity contribution >= 4 is 44.1 Å². The Kier molecular flexibility index (Phi) is 5.10. The first-order valence-electron chi connectivity index (χ1n) is 9.95. The van der Waals surface area contributed by atoms with E-state index in [1.807, 2.05) is 6.07 Å². The number of amides is 1. The number of anilines is 1. The predicted octanol–water partition coefficient (Wildman–Crippen LogP) is 4.53. The normalized spacial score (nSPS) is 17.6. The van der Waals surface area contributed by atoms with Crippen LogP contribution in [0.3, 0.4) is 0 Å². The van der Waals surface area contributed by atoms with E-state index in [9.17, 15) is 14.7 Å². The molecule has 9 heteroatoms. The van der Waals surface area contributed by atoms with Crippen molar-refractivity contribution < 1.29 is 28.6 Å². The molecule has 0 radical (unpaired) electrons. The number of aliphatic hydroxyl groups is 1. The van der Waals surface area contributed by atoms with Crippen molar-refractivity contribution in [3.63, 3.8) is 0 Å². The molecule has 0 saturated carbocycles. The Morgan fingerprint density at radius 2 is 1.85 bits per heavy atom. The molecule has 0 spiro atoms. The van der Waals surface area contributed by atoms with Gasteiger partial charge in [0.05, 0.1) is 36.3 Å². The molecule has 33 heavy (non-hydrogen) atoms. The Bertz CT molecular complexity index is 1410. The van der Waals surface area contributed by atoms with Crippen molar-refractivity contribution in [1.82, 2.24) is 4.98 Å². The van der Waals surface area contributed by atoms with Crippen LogP contribution in [0.25, 0.3) is 16.0 Å². The molecule has 3 heterocycles. The molecule has 5 rings (SSSR count). The van der Waals surface area contributed by atoms with E-state index in [0.29, 0.717) is 33.5 Å². The number of benzene rings is 2. The highest BCUT2D eigenvalue weighted by atomic mass is 32.1. The molecule has 1 N–H and O–H groups in total. The summed E-state index contributed by atoms with van der Waals surface area (Å²) in [4.78, 5) is 32.2. The fourth-order valence-corrected chi connectivity index (χ4v) is 4.82. The number of carbonyl (C=O) groups excluding carboxylic acids is 2. The largest absolute Gasteiger partial charge is 0.507 e. The third-order valence-electron chi connectivity index (χ3n) is 5.39. The molecule has 2 aromatic carbocycles. The third-order valence-corrected chi connectivity index (χ3v) is 6.41. The molecule has 2 aromatic heterocycles. The number of hydrogen-bond acceptors (Lipinski definition) is 8. The fourth-order valence-electron chi connectivity index (χ4n) is 3.79. The van der Waals surface area contributed by atoms with Crippen LogP contribution in [0.4, 0.5) is 5.13 Å². The minimum Gasteiger partial charge on any atom is -0.507 e. The molecular formula is C24H18N2O6S. The number of aromatic nitrogens is 1. The maximum absolute atomic E-state index is 13.2. The average Bonchev–Trinajstić information content (AvgIpc) is 3.57. The molecule has 0 bridgehead atoms. The monoisotopic (exact) mass is 462 g/mol. The molecule has 166 valence electrons. The topological polar surface area (TPSA) is 102 Å². The minimum absolute atomic E-state index is 0.0833. The van der Waals surface area contributed by atoms with Crippen molar-refractivity contribution in [2.75, 3.05) is 19.1 Å². The van der Waals surface area contributed by atoms with Gasteiger partial charge in [0.1, 0.15) is 29.1 Å². The molecule has 0 aliphatic carbocycles. The molecule has 1 aliphatic heterocycles. The number of methoxy groups -OCH3 is 2. The number of thiazole rings is 1. The summed E-state index contributed by atoms with van der Waals surface area (Å²) in [6, 6.07) is 14.3. The zero-order valence-corrected chi connectivity index (χ0v) is 18.5. The van der Waals surface area contributed by atoms with Gasteiger partial charge in [-0.3, -0.25) is 14.5 Å². The maximum Gasteiger partial charge on any atom is 0.302 e. The van der Waals surface area contributed by atoms with Crippen LogP contribution in [-0.2, 0) is 9.59 Å². The lowest BCUT2D eigenvalue weighted by Crippen LogP contribution is -2.29. The van der Waals surface area contributed by atoms with E-state index in [0.717, 1.165) is 4.70 Å². The van der Waals surface area contributed by atoms with Gasteiger partial charge in [-0.2, -0.15) is 0 Å². The number of aliphatic hydroxyl groups excluding tert-OH is 1. The van der Waals surface area contributed by atoms with Gasteiger partial charge >= 0.3 is 5.91 Å². The lowest BCUT2D eigenvalue weighted by molar-refractivity contribution is -0.132. The van der Waals surface area contributed by atoms with Gasteiger partial charge < -0.3 is 19.0 Å². The number of nitrogens with zero attached hydrogens (tertiary/aromatic N) is 2. The van der Waals surface area contributed by atoms with Crippen molar-refractivity contribution in [1.29, 1.82) is 0 Å². The van der Waals surface area contributed by atoms with Crippen molar-refractivity contribution in [3.8, 4) is 11.5 Å². The van der Waals surface area contributed by atoms with E-state index in [-0.39, 0.29) is 11.3 Å². The Balaban J connectivity index is 1.69. The Hall–Kier alpha value is -4.11. The summed E-state index contributed by atoms with van der Waals surface area (Å²) < 4.78 is 16.9. The second-order valence-electron chi connectivity index (χ2n) is 7.25. The molecule has 1 aliphatic rings. The zero-order valence-electron chi connectivity index (χ0n) is 17.6. The second-order valence-corrected chi connectivity index (χ2v) is 8.26. The van der Waals surface area contributed by atoms with Crippen LogP contribution in [0.15, 0.2) is 70.9 Å². The van der Waals surface area contributed by atoms with Crippen LogP contribution in [0, 0.1) is 0 Å². The second kappa shape index (κ2) is 8.10. The van der Waals surface area contributed by atoms with Crippen LogP contribution in [-0.4, -0.2) is 36.0 Å². The molecule has 4 aromatic rings. The summed E-state index contributed by atoms with van der Waals surface area (Å²) in [5.74, 6) is -0.460. The van der Waals surface area contributed by atoms with E-state index in [2.05, 4.69) is 4.98 Å². The van der Waals surface area contributed by atoms with Gasteiger partial charge in [0.2, 0.25) is 0 Å². The molecule has 1 amide bonds. The highest BCUT2D eigenvalue weighted by molar-refractivity contribution is 7.22. The van der Waals surface area contributed by atoms with Crippen molar-refractivity contribution in [2.24, 2.45) is 0 Å². The van der Waals surface area contributed by atoms with Crippen molar-refractivity contribution in [3.05, 3.63) is 77.8 Å². The lowest BCUT2D eigenvalue weighted by atomic mass is 9.99. The molecule has 1 fully saturated rings. The Labute approximate surface area is 192 Å². The highest BCUT2D eigenvalue weighted by Gasteiger charge is 2.49. The van der Waals surface area contributed by atoms with Gasteiger partial charge in [-0.15, -0.1) is 0 Å². The minimum atomic E-state index is -0.978. The zero-order chi connectivity index (χ0) is 23.1. The molecule has 1 unspecified atom stereocenters. The van der Waals surface area contributed by atoms with Gasteiger partial charge in [-0.1, -0.05) is 23.5 Å². The summed E-state index contributed by atoms with van der Waals surface area (Å²) in [6.45, 7) is 0. The predicted molar refractivity (Wildman–Crippen MR) is 123 cm³/mol. The molecule has 8 nitrogen and oxygen atoms in total. The summed E-state index contributed by atoms with van der Waals surface area (Å²) >= 11 is 1.24. The summed E-state index contributed by atoms with van der Waals surface area (Å²) in [5, 5.41) is 11.4. The summed E-state index contributed by atoms with van der Waals surface area (Å²) in [5.41, 5.74) is 0.918. The third kappa shape index (κ3) is 3.42. The first kappa shape index (κ1) is 20.8. The lowest BCUT2D eigenvalue weighted by Gasteiger charge is -2.20. The number of ether oxygens (including phenoxy) is 2. The van der Waals surface area contributed by atoms with E-state index >= 15 is 0 Å². The van der Waals surface area contributed by atoms with Gasteiger partial charge in [-0.25, -0.2) is 4.98 Å². The highest BCUT2D eigenvalue weighted by Crippen LogP contribution is 2.44. The van der Waals surface area contributed by atoms with Crippen LogP contribution < -0.4 is 14.4 Å². The maximum atomic E-state index is 13.2. The summed E-state index contributed by atoms with van der Waals surface area (Å²) in [7, 11) is 3.07. The first-order chi connectivity index (χ1) is 16.0. The number of furan rings is 1. The van der Waals surface area contributed by atoms with Gasteiger partial charge in [0, 0.05) is 5.56 Å². The molecule has 1 atom stereocenters. The fraction of sp³-hybridized carbons (Fsp3) is 0.125.